The Morgan fingerprint density at radius 3 is 3.00 bits per heavy atom. The number of nitrogens with zero attached hydrogens (tertiary/aromatic N) is 1. The third kappa shape index (κ3) is 1.14. The lowest BCUT2D eigenvalue weighted by Crippen LogP contribution is -1.85. The summed E-state index contributed by atoms with van der Waals surface area (Å²) < 4.78 is 13.0. The number of H-pyrrole nitrogens is 1. The van der Waals surface area contributed by atoms with E-state index in [1.165, 1.54) is 13.0 Å². The number of benzene rings is 1. The number of phenolic OH excluding ortho intramolecular Hbond substituents is 1. The summed E-state index contributed by atoms with van der Waals surface area (Å²) in [6, 6.07) is 4.91. The molecule has 2 N–H and O–H groups in total. The van der Waals surface area contributed by atoms with E-state index in [4.69, 9.17) is 0 Å². The lowest BCUT2D eigenvalue weighted by Gasteiger charge is -1.99. The molecule has 0 radical (unpaired) electrons. The second-order valence-electron chi connectivity index (χ2n) is 2.92. The Bertz CT molecular complexity index is 436. The van der Waals surface area contributed by atoms with Crippen LogP contribution in [-0.4, -0.2) is 15.3 Å². The molecular formula is C9H9FN2O. The van der Waals surface area contributed by atoms with E-state index >= 15 is 0 Å². The fourth-order valence-corrected chi connectivity index (χ4v) is 1.36. The van der Waals surface area contributed by atoms with Gasteiger partial charge in [-0.25, -0.2) is 4.39 Å². The lowest BCUT2D eigenvalue weighted by molar-refractivity contribution is 0.366. The molecule has 3 nitrogen and oxygen atoms in total. The first-order chi connectivity index (χ1) is 6.20. The molecule has 0 amide bonds. The van der Waals surface area contributed by atoms with E-state index in [1.807, 2.05) is 0 Å². The maximum absolute atomic E-state index is 13.0. The summed E-state index contributed by atoms with van der Waals surface area (Å²) in [5, 5.41) is 16.4. The molecule has 0 saturated heterocycles. The van der Waals surface area contributed by atoms with Crippen LogP contribution in [-0.2, 0) is 0 Å². The van der Waals surface area contributed by atoms with Crippen LogP contribution in [0.1, 0.15) is 18.8 Å². The van der Waals surface area contributed by atoms with Crippen molar-refractivity contribution in [2.24, 2.45) is 0 Å². The van der Waals surface area contributed by atoms with E-state index in [9.17, 15) is 9.50 Å². The van der Waals surface area contributed by atoms with Crippen molar-refractivity contribution in [3.63, 3.8) is 0 Å². The van der Waals surface area contributed by atoms with E-state index < -0.39 is 6.17 Å². The first-order valence-corrected chi connectivity index (χ1v) is 4.00. The first kappa shape index (κ1) is 8.04. The molecule has 1 atom stereocenters. The normalized spacial score (nSPS) is 13.4. The summed E-state index contributed by atoms with van der Waals surface area (Å²) in [5.74, 6) is 0.0609. The highest BCUT2D eigenvalue weighted by Gasteiger charge is 2.13. The maximum Gasteiger partial charge on any atom is 0.139 e. The largest absolute Gasteiger partial charge is 0.507 e. The van der Waals surface area contributed by atoms with Crippen molar-refractivity contribution >= 4 is 10.9 Å². The molecule has 0 saturated carbocycles. The number of fused-ring (bicyclic) bond motifs is 1. The number of rotatable bonds is 1. The second kappa shape index (κ2) is 2.73. The predicted molar refractivity (Wildman–Crippen MR) is 47.3 cm³/mol. The van der Waals surface area contributed by atoms with Crippen LogP contribution in [0.3, 0.4) is 0 Å². The highest BCUT2D eigenvalue weighted by atomic mass is 19.1. The van der Waals surface area contributed by atoms with Gasteiger partial charge in [-0.15, -0.1) is 0 Å². The Kier molecular flexibility index (Phi) is 1.69. The van der Waals surface area contributed by atoms with Gasteiger partial charge in [0.2, 0.25) is 0 Å². The van der Waals surface area contributed by atoms with Gasteiger partial charge in [-0.05, 0) is 19.1 Å². The number of hydrogen-bond acceptors (Lipinski definition) is 2. The average Bonchev–Trinajstić information content (AvgIpc) is 2.49. The summed E-state index contributed by atoms with van der Waals surface area (Å²) >= 11 is 0. The molecule has 2 aromatic rings. The summed E-state index contributed by atoms with van der Waals surface area (Å²) in [6.07, 6.45) is -1.15. The van der Waals surface area contributed by atoms with Crippen molar-refractivity contribution < 1.29 is 9.50 Å². The minimum absolute atomic E-state index is 0.0609. The second-order valence-corrected chi connectivity index (χ2v) is 2.92. The first-order valence-electron chi connectivity index (χ1n) is 4.00. The highest BCUT2D eigenvalue weighted by molar-refractivity contribution is 5.87. The molecule has 13 heavy (non-hydrogen) atoms. The number of nitrogens with one attached hydrogen (secondary N) is 1. The Labute approximate surface area is 74.2 Å². The molecule has 0 spiro atoms. The molecule has 0 bridgehead atoms. The molecule has 0 aliphatic carbocycles. The number of phenols is 1. The summed E-state index contributed by atoms with van der Waals surface area (Å²) in [5.41, 5.74) is 0.910. The van der Waals surface area contributed by atoms with Crippen LogP contribution in [0, 0.1) is 0 Å². The zero-order chi connectivity index (χ0) is 9.42. The third-order valence-corrected chi connectivity index (χ3v) is 1.98. The van der Waals surface area contributed by atoms with Crippen molar-refractivity contribution in [3.8, 4) is 5.75 Å². The van der Waals surface area contributed by atoms with E-state index in [-0.39, 0.29) is 5.75 Å². The molecule has 1 aromatic carbocycles. The van der Waals surface area contributed by atoms with Crippen LogP contribution in [0.4, 0.5) is 4.39 Å². The van der Waals surface area contributed by atoms with E-state index in [2.05, 4.69) is 10.2 Å². The standard InChI is InChI=1S/C9H9FN2O/c1-5(10)9-8-6(11-12-9)3-2-4-7(8)13/h2-5,13H,1H3,(H,11,12). The SMILES string of the molecule is CC(F)c1[nH]nc2cccc(O)c12. The van der Waals surface area contributed by atoms with E-state index in [0.717, 1.165) is 0 Å². The number of aromatic nitrogens is 2. The molecule has 1 aromatic heterocycles. The van der Waals surface area contributed by atoms with Crippen molar-refractivity contribution in [2.45, 2.75) is 13.1 Å². The molecule has 1 heterocycles. The minimum atomic E-state index is -1.15. The quantitative estimate of drug-likeness (QED) is 0.707. The van der Waals surface area contributed by atoms with Gasteiger partial charge in [0, 0.05) is 0 Å². The van der Waals surface area contributed by atoms with Crippen molar-refractivity contribution in [1.29, 1.82) is 0 Å². The third-order valence-electron chi connectivity index (χ3n) is 1.98. The van der Waals surface area contributed by atoms with Crippen LogP contribution >= 0.6 is 0 Å². The Hall–Kier alpha value is -1.58. The van der Waals surface area contributed by atoms with E-state index in [0.29, 0.717) is 16.6 Å². The molecule has 0 aliphatic heterocycles. The lowest BCUT2D eigenvalue weighted by atomic mass is 10.1. The summed E-state index contributed by atoms with van der Waals surface area (Å²) in [7, 11) is 0. The highest BCUT2D eigenvalue weighted by Crippen LogP contribution is 2.30. The van der Waals surface area contributed by atoms with Crippen LogP contribution in [0.25, 0.3) is 10.9 Å². The fourth-order valence-electron chi connectivity index (χ4n) is 1.36. The Morgan fingerprint density at radius 2 is 2.31 bits per heavy atom. The number of aromatic amines is 1. The molecule has 68 valence electrons. The Balaban J connectivity index is 2.79. The molecule has 4 heteroatoms. The Morgan fingerprint density at radius 1 is 1.54 bits per heavy atom. The van der Waals surface area contributed by atoms with Gasteiger partial charge < -0.3 is 5.11 Å². The van der Waals surface area contributed by atoms with Gasteiger partial charge in [-0.3, -0.25) is 5.10 Å². The molecule has 1 unspecified atom stereocenters. The predicted octanol–water partition coefficient (Wildman–Crippen LogP) is 2.30. The van der Waals surface area contributed by atoms with Gasteiger partial charge in [0.1, 0.15) is 11.9 Å². The van der Waals surface area contributed by atoms with Crippen molar-refractivity contribution in [3.05, 3.63) is 23.9 Å². The number of aromatic hydroxyl groups is 1. The van der Waals surface area contributed by atoms with Crippen LogP contribution in [0.15, 0.2) is 18.2 Å². The molecule has 0 fully saturated rings. The number of halogens is 1. The van der Waals surface area contributed by atoms with Gasteiger partial charge in [0.15, 0.2) is 0 Å². The maximum atomic E-state index is 13.0. The van der Waals surface area contributed by atoms with Crippen LogP contribution in [0.5, 0.6) is 5.75 Å². The number of alkyl halides is 1. The topological polar surface area (TPSA) is 48.9 Å². The van der Waals surface area contributed by atoms with Crippen molar-refractivity contribution in [1.82, 2.24) is 10.2 Å². The van der Waals surface area contributed by atoms with Crippen LogP contribution < -0.4 is 0 Å². The average molecular weight is 180 g/mol. The summed E-state index contributed by atoms with van der Waals surface area (Å²) in [6.45, 7) is 1.40. The van der Waals surface area contributed by atoms with Gasteiger partial charge in [0.05, 0.1) is 16.6 Å². The molecule has 0 aliphatic rings. The smallest absolute Gasteiger partial charge is 0.139 e. The molecule has 2 rings (SSSR count). The number of hydrogen-bond donors (Lipinski definition) is 2. The zero-order valence-corrected chi connectivity index (χ0v) is 7.08. The van der Waals surface area contributed by atoms with Gasteiger partial charge in [-0.2, -0.15) is 5.10 Å². The van der Waals surface area contributed by atoms with Gasteiger partial charge in [-0.1, -0.05) is 6.07 Å². The monoisotopic (exact) mass is 180 g/mol. The minimum Gasteiger partial charge on any atom is -0.507 e. The summed E-state index contributed by atoms with van der Waals surface area (Å²) in [4.78, 5) is 0. The van der Waals surface area contributed by atoms with Crippen molar-refractivity contribution in [2.75, 3.05) is 0 Å². The fraction of sp³-hybridized carbons (Fsp3) is 0.222. The van der Waals surface area contributed by atoms with E-state index in [1.54, 1.807) is 12.1 Å². The van der Waals surface area contributed by atoms with Gasteiger partial charge in [0.25, 0.3) is 0 Å². The van der Waals surface area contributed by atoms with Crippen LogP contribution in [0.2, 0.25) is 0 Å². The zero-order valence-electron chi connectivity index (χ0n) is 7.08. The molecular weight excluding hydrogens is 171 g/mol. The van der Waals surface area contributed by atoms with Gasteiger partial charge >= 0.3 is 0 Å².